The number of likely N-dealkylation sites (tertiary alicyclic amines) is 1. The van der Waals surface area contributed by atoms with Gasteiger partial charge in [-0.15, -0.1) is 0 Å². The summed E-state index contributed by atoms with van der Waals surface area (Å²) in [6.07, 6.45) is 2.91. The van der Waals surface area contributed by atoms with Crippen LogP contribution in [-0.4, -0.2) is 48.6 Å². The number of para-hydroxylation sites is 1. The summed E-state index contributed by atoms with van der Waals surface area (Å²) in [5.74, 6) is -0.210. The molecule has 3 heterocycles. The minimum absolute atomic E-state index is 0.0482. The van der Waals surface area contributed by atoms with E-state index in [2.05, 4.69) is 11.8 Å². The molecule has 1 saturated heterocycles. The van der Waals surface area contributed by atoms with Crippen LogP contribution in [0.1, 0.15) is 42.9 Å². The number of cyclic esters (lactones) is 1. The van der Waals surface area contributed by atoms with Gasteiger partial charge in [-0.3, -0.25) is 14.6 Å². The lowest BCUT2D eigenvalue weighted by Gasteiger charge is -2.41. The van der Waals surface area contributed by atoms with Crippen molar-refractivity contribution in [2.75, 3.05) is 29.4 Å². The minimum atomic E-state index is -0.280. The predicted octanol–water partition coefficient (Wildman–Crippen LogP) is 4.42. The molecule has 2 aromatic carbocycles. The van der Waals surface area contributed by atoms with Gasteiger partial charge in [-0.05, 0) is 68.9 Å². The van der Waals surface area contributed by atoms with Crippen molar-refractivity contribution in [2.45, 2.75) is 58.2 Å². The summed E-state index contributed by atoms with van der Waals surface area (Å²) in [6.45, 7) is 6.20. The van der Waals surface area contributed by atoms with E-state index in [0.717, 1.165) is 66.8 Å². The SMILES string of the molecule is Cc1cccc2c1N(C1CCN(CC(=O)N3c4ccc(F)cc4CCC3C)CC1)C(=O)OC2. The molecule has 174 valence electrons. The zero-order chi connectivity index (χ0) is 23.1. The summed E-state index contributed by atoms with van der Waals surface area (Å²) >= 11 is 0. The largest absolute Gasteiger partial charge is 0.444 e. The van der Waals surface area contributed by atoms with E-state index in [1.54, 1.807) is 12.1 Å². The smallest absolute Gasteiger partial charge is 0.414 e. The molecule has 2 aromatic rings. The van der Waals surface area contributed by atoms with Crippen LogP contribution in [0.4, 0.5) is 20.6 Å². The van der Waals surface area contributed by atoms with Crippen LogP contribution in [0.3, 0.4) is 0 Å². The van der Waals surface area contributed by atoms with Crippen molar-refractivity contribution in [3.63, 3.8) is 0 Å². The first kappa shape index (κ1) is 21.9. The van der Waals surface area contributed by atoms with Gasteiger partial charge in [0.1, 0.15) is 12.4 Å². The van der Waals surface area contributed by atoms with Crippen LogP contribution >= 0.6 is 0 Å². The second kappa shape index (κ2) is 8.78. The minimum Gasteiger partial charge on any atom is -0.444 e. The van der Waals surface area contributed by atoms with Gasteiger partial charge in [0, 0.05) is 36.4 Å². The highest BCUT2D eigenvalue weighted by atomic mass is 19.1. The van der Waals surface area contributed by atoms with E-state index in [1.165, 1.54) is 6.07 Å². The maximum absolute atomic E-state index is 13.7. The van der Waals surface area contributed by atoms with Gasteiger partial charge in [0.25, 0.3) is 0 Å². The average Bonchev–Trinajstić information content (AvgIpc) is 2.80. The Morgan fingerprint density at radius 1 is 1.12 bits per heavy atom. The molecule has 1 unspecified atom stereocenters. The first-order valence-corrected chi connectivity index (χ1v) is 11.8. The first-order valence-electron chi connectivity index (χ1n) is 11.8. The van der Waals surface area contributed by atoms with E-state index >= 15 is 0 Å². The lowest BCUT2D eigenvalue weighted by Crippen LogP contribution is -2.52. The van der Waals surface area contributed by atoms with Gasteiger partial charge in [-0.1, -0.05) is 18.2 Å². The molecule has 0 radical (unpaired) electrons. The van der Waals surface area contributed by atoms with Crippen LogP contribution in [0.15, 0.2) is 36.4 Å². The molecule has 33 heavy (non-hydrogen) atoms. The Morgan fingerprint density at radius 2 is 1.91 bits per heavy atom. The third-order valence-corrected chi connectivity index (χ3v) is 7.23. The third kappa shape index (κ3) is 4.10. The predicted molar refractivity (Wildman–Crippen MR) is 125 cm³/mol. The summed E-state index contributed by atoms with van der Waals surface area (Å²) in [7, 11) is 0. The standard InChI is InChI=1S/C26H30FN3O3/c1-17-4-3-5-20-16-33-26(32)30(25(17)20)22-10-12-28(13-11-22)15-24(31)29-18(2)6-7-19-14-21(27)8-9-23(19)29/h3-5,8-9,14,18,22H,6-7,10-13,15-16H2,1-2H3. The summed E-state index contributed by atoms with van der Waals surface area (Å²) in [6, 6.07) is 10.9. The topological polar surface area (TPSA) is 53.1 Å². The highest BCUT2D eigenvalue weighted by molar-refractivity contribution is 5.96. The Balaban J connectivity index is 1.26. The van der Waals surface area contributed by atoms with Crippen molar-refractivity contribution < 1.29 is 18.7 Å². The molecular weight excluding hydrogens is 421 g/mol. The number of rotatable bonds is 3. The number of anilines is 2. The number of aryl methyl sites for hydroxylation is 2. The fourth-order valence-corrected chi connectivity index (χ4v) is 5.52. The fourth-order valence-electron chi connectivity index (χ4n) is 5.52. The van der Waals surface area contributed by atoms with Crippen molar-refractivity contribution in [3.8, 4) is 0 Å². The Hall–Kier alpha value is -2.93. The summed E-state index contributed by atoms with van der Waals surface area (Å²) in [5, 5.41) is 0. The Kier molecular flexibility index (Phi) is 5.83. The molecule has 1 atom stereocenters. The molecule has 1 fully saturated rings. The number of nitrogens with zero attached hydrogens (tertiary/aromatic N) is 3. The number of hydrogen-bond donors (Lipinski definition) is 0. The number of carbonyl (C=O) groups excluding carboxylic acids is 2. The van der Waals surface area contributed by atoms with E-state index in [0.29, 0.717) is 13.2 Å². The molecule has 0 spiro atoms. The zero-order valence-corrected chi connectivity index (χ0v) is 19.2. The van der Waals surface area contributed by atoms with Crippen molar-refractivity contribution >= 4 is 23.4 Å². The number of piperidine rings is 1. The van der Waals surface area contributed by atoms with Crippen LogP contribution in [0.5, 0.6) is 0 Å². The van der Waals surface area contributed by atoms with E-state index in [4.69, 9.17) is 4.74 Å². The summed E-state index contributed by atoms with van der Waals surface area (Å²) < 4.78 is 19.1. The molecule has 7 heteroatoms. The van der Waals surface area contributed by atoms with Crippen LogP contribution in [-0.2, 0) is 22.6 Å². The van der Waals surface area contributed by atoms with Crippen molar-refractivity contribution in [1.29, 1.82) is 0 Å². The van der Waals surface area contributed by atoms with Gasteiger partial charge in [0.05, 0.1) is 12.2 Å². The molecule has 0 aliphatic carbocycles. The molecule has 3 aliphatic heterocycles. The van der Waals surface area contributed by atoms with Crippen molar-refractivity contribution in [1.82, 2.24) is 4.90 Å². The van der Waals surface area contributed by atoms with Crippen molar-refractivity contribution in [3.05, 3.63) is 58.9 Å². The van der Waals surface area contributed by atoms with Gasteiger partial charge in [-0.2, -0.15) is 0 Å². The Bertz CT molecular complexity index is 1080. The molecule has 0 saturated carbocycles. The van der Waals surface area contributed by atoms with Gasteiger partial charge < -0.3 is 9.64 Å². The van der Waals surface area contributed by atoms with Crippen LogP contribution in [0.2, 0.25) is 0 Å². The van der Waals surface area contributed by atoms with Crippen LogP contribution in [0.25, 0.3) is 0 Å². The fraction of sp³-hybridized carbons (Fsp3) is 0.462. The molecule has 0 aromatic heterocycles. The number of carbonyl (C=O) groups is 2. The second-order valence-corrected chi connectivity index (χ2v) is 9.44. The Labute approximate surface area is 193 Å². The molecule has 5 rings (SSSR count). The number of halogens is 1. The van der Waals surface area contributed by atoms with Crippen molar-refractivity contribution in [2.24, 2.45) is 0 Å². The molecule has 0 N–H and O–H groups in total. The second-order valence-electron chi connectivity index (χ2n) is 9.44. The number of ether oxygens (including phenoxy) is 1. The summed E-state index contributed by atoms with van der Waals surface area (Å²) in [4.78, 5) is 31.8. The third-order valence-electron chi connectivity index (χ3n) is 7.23. The summed E-state index contributed by atoms with van der Waals surface area (Å²) in [5.41, 5.74) is 4.84. The average molecular weight is 452 g/mol. The van der Waals surface area contributed by atoms with E-state index < -0.39 is 0 Å². The van der Waals surface area contributed by atoms with E-state index in [1.807, 2.05) is 34.9 Å². The highest BCUT2D eigenvalue weighted by Gasteiger charge is 2.36. The van der Waals surface area contributed by atoms with E-state index in [9.17, 15) is 14.0 Å². The van der Waals surface area contributed by atoms with E-state index in [-0.39, 0.29) is 29.9 Å². The lowest BCUT2D eigenvalue weighted by atomic mass is 9.96. The quantitative estimate of drug-likeness (QED) is 0.693. The van der Waals surface area contributed by atoms with Gasteiger partial charge in [0.15, 0.2) is 0 Å². The highest BCUT2D eigenvalue weighted by Crippen LogP contribution is 2.35. The molecule has 3 aliphatic rings. The molecule has 0 bridgehead atoms. The molecule has 2 amide bonds. The molecule has 6 nitrogen and oxygen atoms in total. The number of amides is 2. The normalized spacial score (nSPS) is 21.4. The number of hydrogen-bond acceptors (Lipinski definition) is 4. The zero-order valence-electron chi connectivity index (χ0n) is 19.2. The number of benzene rings is 2. The first-order chi connectivity index (χ1) is 15.9. The van der Waals surface area contributed by atoms with Gasteiger partial charge in [-0.25, -0.2) is 9.18 Å². The van der Waals surface area contributed by atoms with Gasteiger partial charge >= 0.3 is 6.09 Å². The Morgan fingerprint density at radius 3 is 2.70 bits per heavy atom. The number of fused-ring (bicyclic) bond motifs is 2. The maximum atomic E-state index is 13.7. The van der Waals surface area contributed by atoms with Gasteiger partial charge in [0.2, 0.25) is 5.91 Å². The maximum Gasteiger partial charge on any atom is 0.414 e. The van der Waals surface area contributed by atoms with Crippen LogP contribution in [0, 0.1) is 12.7 Å². The monoisotopic (exact) mass is 451 g/mol. The lowest BCUT2D eigenvalue weighted by molar-refractivity contribution is -0.120. The van der Waals surface area contributed by atoms with Crippen LogP contribution < -0.4 is 9.80 Å². The molecular formula is C26H30FN3O3.